The fourth-order valence-corrected chi connectivity index (χ4v) is 6.31. The number of ether oxygens (including phenoxy) is 2. The van der Waals surface area contributed by atoms with E-state index in [2.05, 4.69) is 6.07 Å². The SMILES string of the molecule is CCOC(=O)C1CCN(c2cccc(-c3cc(F)cc(F)c3OCc3ccc(C4CCN(CCC(F)(F)F)CC4)cc3C)n2)CC1. The lowest BCUT2D eigenvalue weighted by Gasteiger charge is -2.32. The summed E-state index contributed by atoms with van der Waals surface area (Å²) >= 11 is 0. The van der Waals surface area contributed by atoms with Crippen LogP contribution in [-0.2, 0) is 16.1 Å². The van der Waals surface area contributed by atoms with E-state index in [4.69, 9.17) is 14.5 Å². The van der Waals surface area contributed by atoms with Crippen LogP contribution in [0.5, 0.6) is 5.75 Å². The lowest BCUT2D eigenvalue weighted by atomic mass is 9.88. The zero-order chi connectivity index (χ0) is 32.8. The van der Waals surface area contributed by atoms with E-state index in [1.165, 1.54) is 6.07 Å². The molecule has 248 valence electrons. The van der Waals surface area contributed by atoms with Crippen molar-refractivity contribution in [2.75, 3.05) is 44.2 Å². The van der Waals surface area contributed by atoms with Gasteiger partial charge in [-0.25, -0.2) is 13.8 Å². The van der Waals surface area contributed by atoms with Gasteiger partial charge in [-0.15, -0.1) is 0 Å². The zero-order valence-corrected chi connectivity index (χ0v) is 26.2. The number of likely N-dealkylation sites (tertiary alicyclic amines) is 1. The first kappa shape index (κ1) is 33.6. The Kier molecular flexibility index (Phi) is 10.8. The number of carbonyl (C=O) groups excluding carboxylic acids is 1. The Morgan fingerprint density at radius 3 is 2.39 bits per heavy atom. The number of esters is 1. The van der Waals surface area contributed by atoms with Crippen LogP contribution >= 0.6 is 0 Å². The Morgan fingerprint density at radius 2 is 1.72 bits per heavy atom. The first-order valence-electron chi connectivity index (χ1n) is 15.9. The molecule has 11 heteroatoms. The summed E-state index contributed by atoms with van der Waals surface area (Å²) in [6.45, 7) is 6.62. The Hall–Kier alpha value is -3.73. The molecule has 3 heterocycles. The summed E-state index contributed by atoms with van der Waals surface area (Å²) in [7, 11) is 0. The molecule has 2 aromatic carbocycles. The Balaban J connectivity index is 1.25. The number of hydrogen-bond acceptors (Lipinski definition) is 6. The van der Waals surface area contributed by atoms with Crippen LogP contribution < -0.4 is 9.64 Å². The quantitative estimate of drug-likeness (QED) is 0.166. The average molecular weight is 646 g/mol. The molecule has 0 N–H and O–H groups in total. The van der Waals surface area contributed by atoms with Crippen LogP contribution in [0.25, 0.3) is 11.3 Å². The predicted octanol–water partition coefficient (Wildman–Crippen LogP) is 7.83. The second-order valence-corrected chi connectivity index (χ2v) is 12.1. The molecule has 6 nitrogen and oxygen atoms in total. The van der Waals surface area contributed by atoms with Crippen molar-refractivity contribution in [3.8, 4) is 17.0 Å². The summed E-state index contributed by atoms with van der Waals surface area (Å²) in [5.41, 5.74) is 3.48. The molecule has 0 spiro atoms. The van der Waals surface area contributed by atoms with Gasteiger partial charge in [-0.1, -0.05) is 24.3 Å². The molecule has 2 saturated heterocycles. The number of piperidine rings is 2. The number of benzene rings is 2. The lowest BCUT2D eigenvalue weighted by molar-refractivity contribution is -0.148. The highest BCUT2D eigenvalue weighted by Crippen LogP contribution is 2.36. The molecule has 0 atom stereocenters. The van der Waals surface area contributed by atoms with Gasteiger partial charge in [0.1, 0.15) is 18.2 Å². The van der Waals surface area contributed by atoms with E-state index in [1.54, 1.807) is 19.1 Å². The minimum atomic E-state index is -4.14. The van der Waals surface area contributed by atoms with Gasteiger partial charge in [0.05, 0.1) is 24.6 Å². The third-order valence-electron chi connectivity index (χ3n) is 8.97. The van der Waals surface area contributed by atoms with Crippen molar-refractivity contribution in [2.45, 2.75) is 64.7 Å². The minimum absolute atomic E-state index is 0.0308. The molecule has 2 aliphatic rings. The molecule has 0 unspecified atom stereocenters. The highest BCUT2D eigenvalue weighted by atomic mass is 19.4. The van der Waals surface area contributed by atoms with E-state index in [9.17, 15) is 22.4 Å². The third-order valence-corrected chi connectivity index (χ3v) is 8.97. The Labute approximate surface area is 266 Å². The number of alkyl halides is 3. The highest BCUT2D eigenvalue weighted by molar-refractivity contribution is 5.73. The van der Waals surface area contributed by atoms with Crippen LogP contribution in [0.4, 0.5) is 27.8 Å². The van der Waals surface area contributed by atoms with Gasteiger partial charge in [-0.2, -0.15) is 13.2 Å². The number of hydrogen-bond donors (Lipinski definition) is 0. The standard InChI is InChI=1S/C35H40F5N3O3/c1-3-45-34(44)25-11-16-43(17-12-25)32-6-4-5-31(41-32)29-20-28(36)21-30(37)33(29)46-22-27-8-7-26(19-23(27)2)24-9-14-42(15-10-24)18-13-35(38,39)40/h4-8,19-21,24-25H,3,9-18,22H2,1-2H3. The maximum absolute atomic E-state index is 15.2. The summed E-state index contributed by atoms with van der Waals surface area (Å²) in [4.78, 5) is 20.8. The molecule has 46 heavy (non-hydrogen) atoms. The van der Waals surface area contributed by atoms with Crippen LogP contribution in [0, 0.1) is 24.5 Å². The van der Waals surface area contributed by atoms with Gasteiger partial charge < -0.3 is 19.3 Å². The van der Waals surface area contributed by atoms with Gasteiger partial charge in [-0.05, 0) is 93.4 Å². The van der Waals surface area contributed by atoms with Crippen molar-refractivity contribution in [1.82, 2.24) is 9.88 Å². The van der Waals surface area contributed by atoms with Crippen molar-refractivity contribution >= 4 is 11.8 Å². The van der Waals surface area contributed by atoms with Crippen molar-refractivity contribution in [3.63, 3.8) is 0 Å². The molecule has 0 bridgehead atoms. The molecule has 0 amide bonds. The highest BCUT2D eigenvalue weighted by Gasteiger charge is 2.30. The number of pyridine rings is 1. The van der Waals surface area contributed by atoms with Gasteiger partial charge in [0, 0.05) is 31.3 Å². The van der Waals surface area contributed by atoms with Crippen LogP contribution in [-0.4, -0.2) is 61.4 Å². The molecule has 1 aromatic heterocycles. The van der Waals surface area contributed by atoms with Crippen LogP contribution in [0.15, 0.2) is 48.5 Å². The van der Waals surface area contributed by atoms with Crippen molar-refractivity contribution < 1.29 is 36.2 Å². The summed E-state index contributed by atoms with van der Waals surface area (Å²) in [5, 5.41) is 0. The summed E-state index contributed by atoms with van der Waals surface area (Å²) in [6.07, 6.45) is -2.10. The summed E-state index contributed by atoms with van der Waals surface area (Å²) in [5.74, 6) is -1.11. The van der Waals surface area contributed by atoms with E-state index < -0.39 is 24.2 Å². The molecule has 2 aliphatic heterocycles. The Bertz CT molecular complexity index is 1500. The van der Waals surface area contributed by atoms with Crippen molar-refractivity contribution in [3.05, 3.63) is 76.9 Å². The fraction of sp³-hybridized carbons (Fsp3) is 0.486. The van der Waals surface area contributed by atoms with E-state index >= 15 is 4.39 Å². The number of anilines is 1. The topological polar surface area (TPSA) is 54.9 Å². The monoisotopic (exact) mass is 645 g/mol. The van der Waals surface area contributed by atoms with Gasteiger partial charge in [-0.3, -0.25) is 4.79 Å². The van der Waals surface area contributed by atoms with Gasteiger partial charge in [0.2, 0.25) is 0 Å². The second-order valence-electron chi connectivity index (χ2n) is 12.1. The van der Waals surface area contributed by atoms with Crippen LogP contribution in [0.2, 0.25) is 0 Å². The molecule has 0 aliphatic carbocycles. The second kappa shape index (κ2) is 14.8. The molecule has 0 radical (unpaired) electrons. The smallest absolute Gasteiger partial charge is 0.390 e. The molecule has 0 saturated carbocycles. The minimum Gasteiger partial charge on any atom is -0.485 e. The number of aromatic nitrogens is 1. The molecular formula is C35H40F5N3O3. The predicted molar refractivity (Wildman–Crippen MR) is 166 cm³/mol. The molecule has 5 rings (SSSR count). The number of carbonyl (C=O) groups is 1. The van der Waals surface area contributed by atoms with Crippen LogP contribution in [0.3, 0.4) is 0 Å². The van der Waals surface area contributed by atoms with Gasteiger partial charge in [0.25, 0.3) is 0 Å². The number of halogens is 5. The molecule has 2 fully saturated rings. The maximum atomic E-state index is 15.2. The lowest BCUT2D eigenvalue weighted by Crippen LogP contribution is -2.37. The van der Waals surface area contributed by atoms with Gasteiger partial charge in [0.15, 0.2) is 11.6 Å². The summed E-state index contributed by atoms with van der Waals surface area (Å²) < 4.78 is 78.6. The van der Waals surface area contributed by atoms with E-state index in [1.807, 2.05) is 34.9 Å². The van der Waals surface area contributed by atoms with Crippen LogP contribution in [0.1, 0.15) is 61.6 Å². The van der Waals surface area contributed by atoms with Crippen molar-refractivity contribution in [1.29, 1.82) is 0 Å². The number of rotatable bonds is 10. The zero-order valence-electron chi connectivity index (χ0n) is 26.2. The first-order chi connectivity index (χ1) is 22.0. The third kappa shape index (κ3) is 8.54. The number of nitrogens with zero attached hydrogens (tertiary/aromatic N) is 3. The molecule has 3 aromatic rings. The largest absolute Gasteiger partial charge is 0.485 e. The van der Waals surface area contributed by atoms with Crippen molar-refractivity contribution in [2.24, 2.45) is 5.92 Å². The maximum Gasteiger partial charge on any atom is 0.390 e. The summed E-state index contributed by atoms with van der Waals surface area (Å²) in [6, 6.07) is 13.3. The normalized spacial score (nSPS) is 16.9. The first-order valence-corrected chi connectivity index (χ1v) is 15.9. The molecular weight excluding hydrogens is 605 g/mol. The average Bonchev–Trinajstić information content (AvgIpc) is 3.04. The Morgan fingerprint density at radius 1 is 0.978 bits per heavy atom. The van der Waals surface area contributed by atoms with E-state index in [0.29, 0.717) is 57.1 Å². The number of aryl methyl sites for hydroxylation is 1. The van der Waals surface area contributed by atoms with E-state index in [0.717, 1.165) is 35.6 Å². The van der Waals surface area contributed by atoms with E-state index in [-0.39, 0.29) is 42.3 Å². The van der Waals surface area contributed by atoms with Gasteiger partial charge >= 0.3 is 12.1 Å². The fourth-order valence-electron chi connectivity index (χ4n) is 6.31.